The minimum Gasteiger partial charge on any atom is -0.123 e. The summed E-state index contributed by atoms with van der Waals surface area (Å²) in [5, 5.41) is 0.440. The molecule has 0 N–H and O–H groups in total. The van der Waals surface area contributed by atoms with Gasteiger partial charge in [-0.3, -0.25) is 0 Å². The maximum absolute atomic E-state index is 6.57. The highest BCUT2D eigenvalue weighted by Gasteiger charge is 2.04. The first-order valence-corrected chi connectivity index (χ1v) is 16.4. The van der Waals surface area contributed by atoms with Gasteiger partial charge in [0.2, 0.25) is 0 Å². The molecule has 0 nitrogen and oxygen atoms in total. The molecule has 0 aliphatic rings. The molecule has 0 radical (unpaired) electrons. The Morgan fingerprint density at radius 3 is 0.697 bits per heavy atom. The van der Waals surface area contributed by atoms with Crippen LogP contribution in [0.15, 0.2) is 0 Å². The predicted molar refractivity (Wildman–Crippen MR) is 155 cm³/mol. The van der Waals surface area contributed by atoms with E-state index in [4.69, 9.17) is 11.6 Å². The monoisotopic (exact) mass is 484 g/mol. The Morgan fingerprint density at radius 1 is 0.303 bits per heavy atom. The molecule has 1 atom stereocenters. The van der Waals surface area contributed by atoms with E-state index >= 15 is 0 Å². The normalized spacial score (nSPS) is 12.5. The lowest BCUT2D eigenvalue weighted by molar-refractivity contribution is 0.515. The number of halogens is 1. The molecule has 0 fully saturated rings. The second-order valence-electron chi connectivity index (χ2n) is 11.0. The van der Waals surface area contributed by atoms with Crippen LogP contribution >= 0.6 is 11.6 Å². The largest absolute Gasteiger partial charge is 0.123 e. The van der Waals surface area contributed by atoms with Crippen molar-refractivity contribution >= 4 is 11.6 Å². The van der Waals surface area contributed by atoms with Crippen LogP contribution in [0.5, 0.6) is 0 Å². The topological polar surface area (TPSA) is 0 Å². The van der Waals surface area contributed by atoms with Gasteiger partial charge in [-0.05, 0) is 12.8 Å². The van der Waals surface area contributed by atoms with E-state index < -0.39 is 0 Å². The molecule has 0 saturated carbocycles. The zero-order valence-corrected chi connectivity index (χ0v) is 24.2. The summed E-state index contributed by atoms with van der Waals surface area (Å²) in [6, 6.07) is 0. The van der Waals surface area contributed by atoms with E-state index in [-0.39, 0.29) is 0 Å². The van der Waals surface area contributed by atoms with Gasteiger partial charge in [-0.15, -0.1) is 11.6 Å². The third kappa shape index (κ3) is 30.3. The summed E-state index contributed by atoms with van der Waals surface area (Å²) in [4.78, 5) is 0. The van der Waals surface area contributed by atoms with Crippen LogP contribution in [0.1, 0.15) is 200 Å². The molecule has 0 rings (SSSR count). The molecular weight excluding hydrogens is 420 g/mol. The standard InChI is InChI=1S/C32H65Cl/c1-3-5-7-9-11-13-15-17-19-21-23-25-27-29-31-32(33)30-28-26-24-22-20-18-16-14-12-10-8-6-4-2/h32H,3-31H2,1-2H3. The summed E-state index contributed by atoms with van der Waals surface area (Å²) >= 11 is 6.57. The molecule has 33 heavy (non-hydrogen) atoms. The lowest BCUT2D eigenvalue weighted by Crippen LogP contribution is -1.98. The van der Waals surface area contributed by atoms with Crippen LogP contribution in [0.25, 0.3) is 0 Å². The van der Waals surface area contributed by atoms with E-state index in [9.17, 15) is 0 Å². The van der Waals surface area contributed by atoms with Crippen molar-refractivity contribution in [3.05, 3.63) is 0 Å². The molecule has 0 amide bonds. The first kappa shape index (κ1) is 33.3. The van der Waals surface area contributed by atoms with E-state index in [2.05, 4.69) is 13.8 Å². The van der Waals surface area contributed by atoms with E-state index in [0.29, 0.717) is 5.38 Å². The molecule has 0 aliphatic carbocycles. The lowest BCUT2D eigenvalue weighted by atomic mass is 10.0. The minimum atomic E-state index is 0.440. The third-order valence-corrected chi connectivity index (χ3v) is 7.93. The molecule has 0 aliphatic heterocycles. The van der Waals surface area contributed by atoms with Crippen LogP contribution in [-0.2, 0) is 0 Å². The van der Waals surface area contributed by atoms with Gasteiger partial charge < -0.3 is 0 Å². The Hall–Kier alpha value is 0.290. The predicted octanol–water partition coefficient (Wildman–Crippen LogP) is 12.9. The highest BCUT2D eigenvalue weighted by atomic mass is 35.5. The molecule has 0 aromatic carbocycles. The molecule has 0 saturated heterocycles. The van der Waals surface area contributed by atoms with Gasteiger partial charge in [-0.1, -0.05) is 187 Å². The Morgan fingerprint density at radius 2 is 0.485 bits per heavy atom. The van der Waals surface area contributed by atoms with Crippen LogP contribution in [-0.4, -0.2) is 5.38 Å². The van der Waals surface area contributed by atoms with Gasteiger partial charge in [-0.2, -0.15) is 0 Å². The summed E-state index contributed by atoms with van der Waals surface area (Å²) in [6.07, 6.45) is 41.3. The maximum atomic E-state index is 6.57. The van der Waals surface area contributed by atoms with E-state index in [1.165, 1.54) is 186 Å². The van der Waals surface area contributed by atoms with Crippen molar-refractivity contribution in [1.29, 1.82) is 0 Å². The quantitative estimate of drug-likeness (QED) is 0.0730. The molecule has 200 valence electrons. The second kappa shape index (κ2) is 30.3. The SMILES string of the molecule is CCCCCCCCCCCCCCCCC(Cl)CCCCCCCCCCCCCCC. The van der Waals surface area contributed by atoms with Crippen LogP contribution in [0.2, 0.25) is 0 Å². The average Bonchev–Trinajstić information content (AvgIpc) is 2.82. The Balaban J connectivity index is 3.13. The number of alkyl halides is 1. The fourth-order valence-corrected chi connectivity index (χ4v) is 5.40. The third-order valence-electron chi connectivity index (χ3n) is 7.49. The summed E-state index contributed by atoms with van der Waals surface area (Å²) in [5.41, 5.74) is 0. The average molecular weight is 485 g/mol. The minimum absolute atomic E-state index is 0.440. The van der Waals surface area contributed by atoms with Gasteiger partial charge in [0.15, 0.2) is 0 Å². The van der Waals surface area contributed by atoms with Crippen LogP contribution in [0.4, 0.5) is 0 Å². The van der Waals surface area contributed by atoms with Gasteiger partial charge in [0.25, 0.3) is 0 Å². The van der Waals surface area contributed by atoms with Crippen molar-refractivity contribution in [3.8, 4) is 0 Å². The highest BCUT2D eigenvalue weighted by Crippen LogP contribution is 2.19. The molecule has 0 bridgehead atoms. The zero-order chi connectivity index (χ0) is 24.1. The summed E-state index contributed by atoms with van der Waals surface area (Å²) < 4.78 is 0. The lowest BCUT2D eigenvalue weighted by Gasteiger charge is -2.09. The first-order chi connectivity index (χ1) is 16.3. The Bertz CT molecular complexity index is 326. The molecule has 0 heterocycles. The number of rotatable bonds is 29. The zero-order valence-electron chi connectivity index (χ0n) is 23.5. The molecule has 0 aromatic heterocycles. The molecule has 0 aromatic rings. The van der Waals surface area contributed by atoms with Crippen LogP contribution in [0.3, 0.4) is 0 Å². The van der Waals surface area contributed by atoms with Crippen molar-refractivity contribution in [1.82, 2.24) is 0 Å². The van der Waals surface area contributed by atoms with Gasteiger partial charge in [-0.25, -0.2) is 0 Å². The number of hydrogen-bond acceptors (Lipinski definition) is 0. The van der Waals surface area contributed by atoms with E-state index in [1.54, 1.807) is 0 Å². The van der Waals surface area contributed by atoms with Crippen molar-refractivity contribution < 1.29 is 0 Å². The van der Waals surface area contributed by atoms with Crippen molar-refractivity contribution in [2.75, 3.05) is 0 Å². The van der Waals surface area contributed by atoms with Gasteiger partial charge in [0.1, 0.15) is 0 Å². The van der Waals surface area contributed by atoms with Crippen LogP contribution < -0.4 is 0 Å². The molecule has 0 spiro atoms. The van der Waals surface area contributed by atoms with E-state index in [1.807, 2.05) is 0 Å². The Kier molecular flexibility index (Phi) is 30.6. The summed E-state index contributed by atoms with van der Waals surface area (Å²) in [7, 11) is 0. The van der Waals surface area contributed by atoms with Gasteiger partial charge in [0.05, 0.1) is 0 Å². The fourth-order valence-electron chi connectivity index (χ4n) is 5.09. The second-order valence-corrected chi connectivity index (χ2v) is 11.6. The van der Waals surface area contributed by atoms with Crippen molar-refractivity contribution in [3.63, 3.8) is 0 Å². The maximum Gasteiger partial charge on any atom is 0.0336 e. The van der Waals surface area contributed by atoms with Crippen LogP contribution in [0, 0.1) is 0 Å². The smallest absolute Gasteiger partial charge is 0.0336 e. The Labute approximate surface area is 216 Å². The number of unbranched alkanes of at least 4 members (excludes halogenated alkanes) is 25. The molecular formula is C32H65Cl. The summed E-state index contributed by atoms with van der Waals surface area (Å²) in [6.45, 7) is 4.60. The van der Waals surface area contributed by atoms with Gasteiger partial charge >= 0.3 is 0 Å². The number of hydrogen-bond donors (Lipinski definition) is 0. The fraction of sp³-hybridized carbons (Fsp3) is 1.00. The van der Waals surface area contributed by atoms with Gasteiger partial charge in [0, 0.05) is 5.38 Å². The molecule has 1 unspecified atom stereocenters. The molecule has 1 heteroatoms. The van der Waals surface area contributed by atoms with Crippen molar-refractivity contribution in [2.24, 2.45) is 0 Å². The van der Waals surface area contributed by atoms with E-state index in [0.717, 1.165) is 0 Å². The van der Waals surface area contributed by atoms with Crippen molar-refractivity contribution in [2.45, 2.75) is 205 Å². The summed E-state index contributed by atoms with van der Waals surface area (Å²) in [5.74, 6) is 0. The highest BCUT2D eigenvalue weighted by molar-refractivity contribution is 6.20. The first-order valence-electron chi connectivity index (χ1n) is 15.9.